The van der Waals surface area contributed by atoms with Crippen molar-refractivity contribution in [3.8, 4) is 5.75 Å². The predicted octanol–water partition coefficient (Wildman–Crippen LogP) is 1.13. The number of phenolic OH excluding ortho intramolecular Hbond substituents is 1. The first-order valence-corrected chi connectivity index (χ1v) is 5.20. The number of aromatic hydroxyl groups is 1. The lowest BCUT2D eigenvalue weighted by Gasteiger charge is -2.08. The summed E-state index contributed by atoms with van der Waals surface area (Å²) < 4.78 is 0. The van der Waals surface area contributed by atoms with E-state index in [1.807, 2.05) is 0 Å². The summed E-state index contributed by atoms with van der Waals surface area (Å²) >= 11 is 0. The van der Waals surface area contributed by atoms with Gasteiger partial charge in [-0.1, -0.05) is 0 Å². The number of nitrogens with zero attached hydrogens (tertiary/aromatic N) is 2. The molecular weight excluding hydrogens is 250 g/mol. The fourth-order valence-electron chi connectivity index (χ4n) is 1.43. The number of benzene rings is 1. The van der Waals surface area contributed by atoms with Crippen LogP contribution in [0.1, 0.15) is 20.7 Å². The topological polar surface area (TPSA) is 112 Å². The van der Waals surface area contributed by atoms with Crippen LogP contribution in [0.4, 0.5) is 5.69 Å². The number of carboxylic acids is 1. The number of aromatic carboxylic acids is 1. The quantitative estimate of drug-likeness (QED) is 0.712. The van der Waals surface area contributed by atoms with Gasteiger partial charge >= 0.3 is 5.97 Å². The summed E-state index contributed by atoms with van der Waals surface area (Å²) in [5.74, 6) is -1.98. The lowest BCUT2D eigenvalue weighted by Crippen LogP contribution is -2.15. The van der Waals surface area contributed by atoms with Crippen molar-refractivity contribution in [3.05, 3.63) is 48.0 Å². The molecule has 0 bridgehead atoms. The van der Waals surface area contributed by atoms with Gasteiger partial charge in [-0.2, -0.15) is 0 Å². The van der Waals surface area contributed by atoms with E-state index in [4.69, 9.17) is 5.11 Å². The zero-order chi connectivity index (χ0) is 13.8. The number of carbonyl (C=O) groups excluding carboxylic acids is 1. The summed E-state index contributed by atoms with van der Waals surface area (Å²) in [7, 11) is 0. The molecule has 0 fully saturated rings. The van der Waals surface area contributed by atoms with E-state index in [0.717, 1.165) is 6.07 Å². The Kier molecular flexibility index (Phi) is 3.37. The molecule has 0 saturated heterocycles. The van der Waals surface area contributed by atoms with Crippen molar-refractivity contribution < 1.29 is 19.8 Å². The van der Waals surface area contributed by atoms with Crippen LogP contribution in [-0.2, 0) is 0 Å². The van der Waals surface area contributed by atoms with Gasteiger partial charge in [-0.25, -0.2) is 14.8 Å². The van der Waals surface area contributed by atoms with Gasteiger partial charge in [0, 0.05) is 12.4 Å². The average Bonchev–Trinajstić information content (AvgIpc) is 2.41. The minimum absolute atomic E-state index is 0.0825. The Labute approximate surface area is 107 Å². The van der Waals surface area contributed by atoms with E-state index in [-0.39, 0.29) is 22.6 Å². The predicted molar refractivity (Wildman–Crippen MR) is 65.1 cm³/mol. The third-order valence-electron chi connectivity index (χ3n) is 2.30. The Bertz CT molecular complexity index is 628. The van der Waals surface area contributed by atoms with Crippen molar-refractivity contribution in [2.45, 2.75) is 0 Å². The van der Waals surface area contributed by atoms with Crippen LogP contribution < -0.4 is 5.32 Å². The van der Waals surface area contributed by atoms with Gasteiger partial charge in [0.2, 0.25) is 0 Å². The van der Waals surface area contributed by atoms with Crippen molar-refractivity contribution in [2.24, 2.45) is 0 Å². The van der Waals surface area contributed by atoms with E-state index in [2.05, 4.69) is 15.3 Å². The molecule has 2 rings (SSSR count). The fourth-order valence-corrected chi connectivity index (χ4v) is 1.43. The van der Waals surface area contributed by atoms with Gasteiger partial charge in [0.25, 0.3) is 5.91 Å². The number of anilines is 1. The van der Waals surface area contributed by atoms with Crippen LogP contribution in [0, 0.1) is 0 Å². The Hall–Kier alpha value is -2.96. The molecule has 1 aromatic carbocycles. The van der Waals surface area contributed by atoms with E-state index < -0.39 is 11.9 Å². The Morgan fingerprint density at radius 3 is 2.47 bits per heavy atom. The lowest BCUT2D eigenvalue weighted by atomic mass is 10.1. The second kappa shape index (κ2) is 5.13. The maximum Gasteiger partial charge on any atom is 0.337 e. The molecule has 0 aliphatic rings. The number of aromatic nitrogens is 2. The molecule has 7 heteroatoms. The molecule has 0 saturated carbocycles. The molecule has 1 heterocycles. The number of amides is 1. The van der Waals surface area contributed by atoms with Gasteiger partial charge in [-0.05, 0) is 18.2 Å². The highest BCUT2D eigenvalue weighted by molar-refractivity contribution is 6.07. The third-order valence-corrected chi connectivity index (χ3v) is 2.30. The van der Waals surface area contributed by atoms with Gasteiger partial charge in [0.15, 0.2) is 0 Å². The molecule has 96 valence electrons. The summed E-state index contributed by atoms with van der Waals surface area (Å²) in [6.07, 6.45) is 3.90. The van der Waals surface area contributed by atoms with E-state index in [0.29, 0.717) is 0 Å². The standard InChI is InChI=1S/C12H9N3O4/c16-8-1-2-10(9(3-8)12(18)19)15-11(17)7-4-13-6-14-5-7/h1-6,16H,(H,15,17)(H,18,19). The number of hydrogen-bond acceptors (Lipinski definition) is 5. The zero-order valence-corrected chi connectivity index (χ0v) is 9.57. The van der Waals surface area contributed by atoms with Crippen LogP contribution in [0.25, 0.3) is 0 Å². The van der Waals surface area contributed by atoms with Crippen LogP contribution in [0.2, 0.25) is 0 Å². The zero-order valence-electron chi connectivity index (χ0n) is 9.57. The molecule has 0 aliphatic carbocycles. The number of hydrogen-bond donors (Lipinski definition) is 3. The highest BCUT2D eigenvalue weighted by atomic mass is 16.4. The van der Waals surface area contributed by atoms with Crippen LogP contribution in [0.15, 0.2) is 36.9 Å². The second-order valence-electron chi connectivity index (χ2n) is 3.62. The Morgan fingerprint density at radius 2 is 1.84 bits per heavy atom. The van der Waals surface area contributed by atoms with Gasteiger partial charge in [0.1, 0.15) is 12.1 Å². The van der Waals surface area contributed by atoms with Crippen LogP contribution in [0.5, 0.6) is 5.75 Å². The molecule has 0 aliphatic heterocycles. The number of nitrogens with one attached hydrogen (secondary N) is 1. The van der Waals surface area contributed by atoms with Crippen LogP contribution in [-0.4, -0.2) is 32.1 Å². The van der Waals surface area contributed by atoms with Gasteiger partial charge in [0.05, 0.1) is 16.8 Å². The van der Waals surface area contributed by atoms with Crippen LogP contribution in [0.3, 0.4) is 0 Å². The van der Waals surface area contributed by atoms with E-state index in [1.165, 1.54) is 30.9 Å². The molecule has 2 aromatic rings. The smallest absolute Gasteiger partial charge is 0.337 e. The van der Waals surface area contributed by atoms with Gasteiger partial charge < -0.3 is 15.5 Å². The van der Waals surface area contributed by atoms with Crippen molar-refractivity contribution in [1.82, 2.24) is 9.97 Å². The monoisotopic (exact) mass is 259 g/mol. The molecule has 1 amide bonds. The first-order valence-electron chi connectivity index (χ1n) is 5.20. The molecule has 3 N–H and O–H groups in total. The molecular formula is C12H9N3O4. The normalized spacial score (nSPS) is 9.89. The Morgan fingerprint density at radius 1 is 1.16 bits per heavy atom. The van der Waals surface area contributed by atoms with Gasteiger partial charge in [-0.3, -0.25) is 4.79 Å². The van der Waals surface area contributed by atoms with Crippen molar-refractivity contribution >= 4 is 17.6 Å². The molecule has 0 radical (unpaired) electrons. The summed E-state index contributed by atoms with van der Waals surface area (Å²) in [5, 5.41) is 20.7. The maximum atomic E-state index is 11.8. The first-order chi connectivity index (χ1) is 9.08. The van der Waals surface area contributed by atoms with Crippen LogP contribution >= 0.6 is 0 Å². The largest absolute Gasteiger partial charge is 0.508 e. The molecule has 0 unspecified atom stereocenters. The van der Waals surface area contributed by atoms with Crippen molar-refractivity contribution in [2.75, 3.05) is 5.32 Å². The van der Waals surface area contributed by atoms with E-state index in [1.54, 1.807) is 0 Å². The minimum Gasteiger partial charge on any atom is -0.508 e. The molecule has 7 nitrogen and oxygen atoms in total. The van der Waals surface area contributed by atoms with E-state index in [9.17, 15) is 14.7 Å². The number of carboxylic acid groups (broad SMARTS) is 1. The molecule has 1 aromatic heterocycles. The third kappa shape index (κ3) is 2.83. The fraction of sp³-hybridized carbons (Fsp3) is 0. The summed E-state index contributed by atoms with van der Waals surface area (Å²) in [4.78, 5) is 30.2. The highest BCUT2D eigenvalue weighted by Crippen LogP contribution is 2.21. The summed E-state index contributed by atoms with van der Waals surface area (Å²) in [6.45, 7) is 0. The van der Waals surface area contributed by atoms with Gasteiger partial charge in [-0.15, -0.1) is 0 Å². The minimum atomic E-state index is -1.25. The van der Waals surface area contributed by atoms with Crippen molar-refractivity contribution in [3.63, 3.8) is 0 Å². The SMILES string of the molecule is O=C(Nc1ccc(O)cc1C(=O)O)c1cncnc1. The highest BCUT2D eigenvalue weighted by Gasteiger charge is 2.14. The second-order valence-corrected chi connectivity index (χ2v) is 3.62. The van der Waals surface area contributed by atoms with Crippen molar-refractivity contribution in [1.29, 1.82) is 0 Å². The Balaban J connectivity index is 2.29. The number of carbonyl (C=O) groups is 2. The maximum absolute atomic E-state index is 11.8. The van der Waals surface area contributed by atoms with E-state index >= 15 is 0 Å². The molecule has 19 heavy (non-hydrogen) atoms. The summed E-state index contributed by atoms with van der Waals surface area (Å²) in [5.41, 5.74) is 0.0799. The first kappa shape index (κ1) is 12.5. The average molecular weight is 259 g/mol. The molecule has 0 atom stereocenters. The molecule has 0 spiro atoms. The summed E-state index contributed by atoms with van der Waals surface area (Å²) in [6, 6.07) is 3.64. The lowest BCUT2D eigenvalue weighted by molar-refractivity contribution is 0.0697. The number of phenols is 1. The number of rotatable bonds is 3.